The van der Waals surface area contributed by atoms with Gasteiger partial charge in [0.15, 0.2) is 0 Å². The van der Waals surface area contributed by atoms with Crippen LogP contribution in [-0.4, -0.2) is 57.7 Å². The molecule has 1 aliphatic heterocycles. The van der Waals surface area contributed by atoms with E-state index in [0.717, 1.165) is 37.3 Å². The molecule has 0 radical (unpaired) electrons. The van der Waals surface area contributed by atoms with E-state index in [4.69, 9.17) is 0 Å². The lowest BCUT2D eigenvalue weighted by molar-refractivity contribution is -0.137. The fraction of sp³-hybridized carbons (Fsp3) is 0.526. The van der Waals surface area contributed by atoms with Gasteiger partial charge in [-0.1, -0.05) is 30.3 Å². The third-order valence-corrected chi connectivity index (χ3v) is 4.95. The number of piperidine rings is 1. The number of aryl methyl sites for hydroxylation is 1. The average Bonchev–Trinajstić information content (AvgIpc) is 3.11. The smallest absolute Gasteiger partial charge is 0.244 e. The molecule has 25 heavy (non-hydrogen) atoms. The SMILES string of the molecule is CCn1cnnc1C1CCCN(C(=O)C(c2ccccc2)N(C)C)C1. The Morgan fingerprint density at radius 2 is 2.08 bits per heavy atom. The van der Waals surface area contributed by atoms with Crippen LogP contribution in [0.5, 0.6) is 0 Å². The van der Waals surface area contributed by atoms with Gasteiger partial charge < -0.3 is 9.47 Å². The van der Waals surface area contributed by atoms with Gasteiger partial charge in [0.2, 0.25) is 5.91 Å². The number of aromatic nitrogens is 3. The van der Waals surface area contributed by atoms with Gasteiger partial charge in [0.05, 0.1) is 0 Å². The molecule has 6 heteroatoms. The molecule has 0 spiro atoms. The van der Waals surface area contributed by atoms with Gasteiger partial charge in [-0.25, -0.2) is 0 Å². The summed E-state index contributed by atoms with van der Waals surface area (Å²) in [6.07, 6.45) is 3.84. The second-order valence-electron chi connectivity index (χ2n) is 6.88. The summed E-state index contributed by atoms with van der Waals surface area (Å²) in [6, 6.07) is 9.76. The Labute approximate surface area is 149 Å². The van der Waals surface area contributed by atoms with Crippen molar-refractivity contribution in [3.8, 4) is 0 Å². The molecule has 134 valence electrons. The molecule has 1 aliphatic rings. The highest BCUT2D eigenvalue weighted by atomic mass is 16.2. The van der Waals surface area contributed by atoms with E-state index in [9.17, 15) is 4.79 Å². The van der Waals surface area contributed by atoms with E-state index < -0.39 is 0 Å². The predicted octanol–water partition coefficient (Wildman–Crippen LogP) is 2.31. The molecule has 2 unspecified atom stereocenters. The van der Waals surface area contributed by atoms with Crippen LogP contribution in [0.4, 0.5) is 0 Å². The molecule has 3 rings (SSSR count). The quantitative estimate of drug-likeness (QED) is 0.837. The van der Waals surface area contributed by atoms with Gasteiger partial charge in [-0.2, -0.15) is 0 Å². The van der Waals surface area contributed by atoms with Gasteiger partial charge in [0, 0.05) is 25.6 Å². The number of nitrogens with zero attached hydrogens (tertiary/aromatic N) is 5. The van der Waals surface area contributed by atoms with Gasteiger partial charge >= 0.3 is 0 Å². The van der Waals surface area contributed by atoms with Crippen LogP contribution in [0, 0.1) is 0 Å². The molecule has 1 aromatic heterocycles. The van der Waals surface area contributed by atoms with Crippen LogP contribution in [-0.2, 0) is 11.3 Å². The summed E-state index contributed by atoms with van der Waals surface area (Å²) in [6.45, 7) is 4.48. The Hall–Kier alpha value is -2.21. The van der Waals surface area contributed by atoms with Crippen molar-refractivity contribution in [2.45, 2.75) is 38.3 Å². The maximum Gasteiger partial charge on any atom is 0.244 e. The number of likely N-dealkylation sites (tertiary alicyclic amines) is 1. The van der Waals surface area contributed by atoms with Gasteiger partial charge in [0.1, 0.15) is 18.2 Å². The number of carbonyl (C=O) groups excluding carboxylic acids is 1. The summed E-state index contributed by atoms with van der Waals surface area (Å²) in [7, 11) is 3.93. The molecule has 0 saturated carbocycles. The maximum atomic E-state index is 13.3. The Morgan fingerprint density at radius 1 is 1.32 bits per heavy atom. The van der Waals surface area contributed by atoms with E-state index in [1.807, 2.05) is 54.2 Å². The van der Waals surface area contributed by atoms with Gasteiger partial charge in [-0.15, -0.1) is 10.2 Å². The number of carbonyl (C=O) groups is 1. The van der Waals surface area contributed by atoms with Gasteiger partial charge in [0.25, 0.3) is 0 Å². The van der Waals surface area contributed by atoms with Crippen LogP contribution in [0.15, 0.2) is 36.7 Å². The van der Waals surface area contributed by atoms with Crippen LogP contribution in [0.25, 0.3) is 0 Å². The lowest BCUT2D eigenvalue weighted by Crippen LogP contribution is -2.45. The first-order valence-corrected chi connectivity index (χ1v) is 8.99. The van der Waals surface area contributed by atoms with E-state index in [1.165, 1.54) is 0 Å². The van der Waals surface area contributed by atoms with Crippen LogP contribution >= 0.6 is 0 Å². The van der Waals surface area contributed by atoms with Crippen LogP contribution in [0.1, 0.15) is 43.1 Å². The molecule has 0 bridgehead atoms. The standard InChI is InChI=1S/C19H27N5O/c1-4-23-14-20-21-18(23)16-11-8-12-24(13-16)19(25)17(22(2)3)15-9-6-5-7-10-15/h5-7,9-10,14,16-17H,4,8,11-13H2,1-3H3. The predicted molar refractivity (Wildman–Crippen MR) is 97.1 cm³/mol. The van der Waals surface area contributed by atoms with Crippen LogP contribution in [0.2, 0.25) is 0 Å². The first kappa shape index (κ1) is 17.6. The molecule has 2 heterocycles. The molecular formula is C19H27N5O. The fourth-order valence-electron chi connectivity index (χ4n) is 3.68. The van der Waals surface area contributed by atoms with Crippen molar-refractivity contribution < 1.29 is 4.79 Å². The molecule has 2 atom stereocenters. The summed E-state index contributed by atoms with van der Waals surface area (Å²) in [5.41, 5.74) is 1.04. The molecule has 1 aromatic carbocycles. The van der Waals surface area contributed by atoms with Gasteiger partial charge in [-0.3, -0.25) is 9.69 Å². The molecule has 1 fully saturated rings. The largest absolute Gasteiger partial charge is 0.340 e. The van der Waals surface area contributed by atoms with Crippen molar-refractivity contribution in [2.24, 2.45) is 0 Å². The zero-order valence-corrected chi connectivity index (χ0v) is 15.3. The van der Waals surface area contributed by atoms with Crippen LogP contribution in [0.3, 0.4) is 0 Å². The highest BCUT2D eigenvalue weighted by Crippen LogP contribution is 2.29. The second kappa shape index (κ2) is 7.78. The van der Waals surface area contributed by atoms with Crippen molar-refractivity contribution in [3.63, 3.8) is 0 Å². The first-order chi connectivity index (χ1) is 12.1. The minimum Gasteiger partial charge on any atom is -0.340 e. The van der Waals surface area contributed by atoms with Crippen LogP contribution < -0.4 is 0 Å². The topological polar surface area (TPSA) is 54.3 Å². The third-order valence-electron chi connectivity index (χ3n) is 4.95. The number of likely N-dealkylation sites (N-methyl/N-ethyl adjacent to an activating group) is 1. The Kier molecular flexibility index (Phi) is 5.48. The van der Waals surface area contributed by atoms with Crippen molar-refractivity contribution in [3.05, 3.63) is 48.0 Å². The van der Waals surface area contributed by atoms with Gasteiger partial charge in [-0.05, 0) is 39.4 Å². The maximum absolute atomic E-state index is 13.3. The normalized spacial score (nSPS) is 19.2. The minimum atomic E-state index is -0.246. The summed E-state index contributed by atoms with van der Waals surface area (Å²) in [5, 5.41) is 8.36. The molecular weight excluding hydrogens is 314 g/mol. The zero-order valence-electron chi connectivity index (χ0n) is 15.3. The molecule has 0 aliphatic carbocycles. The molecule has 6 nitrogen and oxygen atoms in total. The molecule has 1 amide bonds. The number of amides is 1. The number of hydrogen-bond acceptors (Lipinski definition) is 4. The van der Waals surface area contributed by atoms with E-state index in [-0.39, 0.29) is 17.9 Å². The Bertz CT molecular complexity index is 697. The lowest BCUT2D eigenvalue weighted by atomic mass is 9.95. The third kappa shape index (κ3) is 3.74. The summed E-state index contributed by atoms with van der Waals surface area (Å²) in [4.78, 5) is 17.2. The molecule has 2 aromatic rings. The highest BCUT2D eigenvalue weighted by molar-refractivity contribution is 5.83. The monoisotopic (exact) mass is 341 g/mol. The van der Waals surface area contributed by atoms with E-state index in [1.54, 1.807) is 6.33 Å². The van der Waals surface area contributed by atoms with E-state index in [2.05, 4.69) is 21.7 Å². The number of rotatable bonds is 5. The highest BCUT2D eigenvalue weighted by Gasteiger charge is 2.33. The van der Waals surface area contributed by atoms with E-state index in [0.29, 0.717) is 6.54 Å². The number of benzene rings is 1. The molecule has 0 N–H and O–H groups in total. The Morgan fingerprint density at radius 3 is 2.76 bits per heavy atom. The van der Waals surface area contributed by atoms with Crippen molar-refractivity contribution in [1.29, 1.82) is 0 Å². The van der Waals surface area contributed by atoms with Crippen molar-refractivity contribution in [2.75, 3.05) is 27.2 Å². The Balaban J connectivity index is 1.79. The average molecular weight is 341 g/mol. The zero-order chi connectivity index (χ0) is 17.8. The fourth-order valence-corrected chi connectivity index (χ4v) is 3.68. The summed E-state index contributed by atoms with van der Waals surface area (Å²) >= 11 is 0. The molecule has 1 saturated heterocycles. The summed E-state index contributed by atoms with van der Waals surface area (Å²) in [5.74, 6) is 1.43. The van der Waals surface area contributed by atoms with Crippen molar-refractivity contribution >= 4 is 5.91 Å². The number of hydrogen-bond donors (Lipinski definition) is 0. The van der Waals surface area contributed by atoms with Crippen molar-refractivity contribution in [1.82, 2.24) is 24.6 Å². The first-order valence-electron chi connectivity index (χ1n) is 8.99. The lowest BCUT2D eigenvalue weighted by Gasteiger charge is -2.36. The van der Waals surface area contributed by atoms with E-state index >= 15 is 0 Å². The second-order valence-corrected chi connectivity index (χ2v) is 6.88. The summed E-state index contributed by atoms with van der Waals surface area (Å²) < 4.78 is 2.08. The minimum absolute atomic E-state index is 0.170.